The van der Waals surface area contributed by atoms with Crippen molar-refractivity contribution in [1.82, 2.24) is 15.5 Å². The van der Waals surface area contributed by atoms with Crippen LogP contribution < -0.4 is 15.5 Å². The molecule has 4 rings (SSSR count). The van der Waals surface area contributed by atoms with Gasteiger partial charge in [-0.3, -0.25) is 4.90 Å². The summed E-state index contributed by atoms with van der Waals surface area (Å²) in [5.74, 6) is 0.518. The van der Waals surface area contributed by atoms with Gasteiger partial charge in [0.2, 0.25) is 0 Å². The number of hydrogen-bond acceptors (Lipinski definition) is 3. The molecular formula is C23H30N4O. The third kappa shape index (κ3) is 5.04. The number of benzene rings is 2. The van der Waals surface area contributed by atoms with Crippen LogP contribution in [0, 0.1) is 5.92 Å². The number of rotatable bonds is 6. The lowest BCUT2D eigenvalue weighted by Gasteiger charge is -2.19. The van der Waals surface area contributed by atoms with E-state index in [1.807, 2.05) is 12.1 Å². The second-order valence-electron chi connectivity index (χ2n) is 8.00. The maximum atomic E-state index is 12.3. The zero-order valence-electron chi connectivity index (χ0n) is 16.4. The van der Waals surface area contributed by atoms with Gasteiger partial charge in [-0.05, 0) is 36.5 Å². The summed E-state index contributed by atoms with van der Waals surface area (Å²) in [6.07, 6.45) is 2.15. The lowest BCUT2D eigenvalue weighted by molar-refractivity contribution is 0.234. The first kappa shape index (κ1) is 18.8. The maximum absolute atomic E-state index is 12.3. The molecule has 148 valence electrons. The van der Waals surface area contributed by atoms with Gasteiger partial charge >= 0.3 is 6.03 Å². The van der Waals surface area contributed by atoms with Gasteiger partial charge in [0.15, 0.2) is 0 Å². The Labute approximate surface area is 167 Å². The normalized spacial score (nSPS) is 22.4. The number of urea groups is 1. The number of anilines is 1. The SMILES string of the molecule is O=C(NC[C@H]1CCN(c2ccccc2)C1)N[C@H]1CCN(Cc2ccccc2)C1. The first-order valence-electron chi connectivity index (χ1n) is 10.4. The molecule has 2 aromatic carbocycles. The van der Waals surface area contributed by atoms with E-state index in [9.17, 15) is 4.79 Å². The fourth-order valence-corrected chi connectivity index (χ4v) is 4.28. The van der Waals surface area contributed by atoms with E-state index in [2.05, 4.69) is 69.0 Å². The minimum Gasteiger partial charge on any atom is -0.371 e. The number of nitrogens with one attached hydrogen (secondary N) is 2. The van der Waals surface area contributed by atoms with Gasteiger partial charge in [0.05, 0.1) is 0 Å². The number of carbonyl (C=O) groups excluding carboxylic acids is 1. The van der Waals surface area contributed by atoms with E-state index in [1.165, 1.54) is 11.3 Å². The van der Waals surface area contributed by atoms with Gasteiger partial charge in [0, 0.05) is 51.0 Å². The van der Waals surface area contributed by atoms with Crippen molar-refractivity contribution < 1.29 is 4.79 Å². The lowest BCUT2D eigenvalue weighted by atomic mass is 10.1. The summed E-state index contributed by atoms with van der Waals surface area (Å²) in [6, 6.07) is 21.3. The van der Waals surface area contributed by atoms with Gasteiger partial charge < -0.3 is 15.5 Å². The van der Waals surface area contributed by atoms with Crippen LogP contribution in [0.4, 0.5) is 10.5 Å². The van der Waals surface area contributed by atoms with Crippen molar-refractivity contribution >= 4 is 11.7 Å². The number of nitrogens with zero attached hydrogens (tertiary/aromatic N) is 2. The number of hydrogen-bond donors (Lipinski definition) is 2. The number of likely N-dealkylation sites (tertiary alicyclic amines) is 1. The van der Waals surface area contributed by atoms with Crippen molar-refractivity contribution in [3.63, 3.8) is 0 Å². The van der Waals surface area contributed by atoms with Crippen LogP contribution in [-0.2, 0) is 6.54 Å². The first-order chi connectivity index (χ1) is 13.8. The minimum atomic E-state index is -0.0234. The van der Waals surface area contributed by atoms with E-state index in [0.717, 1.165) is 52.1 Å². The van der Waals surface area contributed by atoms with Gasteiger partial charge in [0.1, 0.15) is 0 Å². The summed E-state index contributed by atoms with van der Waals surface area (Å²) in [7, 11) is 0. The fraction of sp³-hybridized carbons (Fsp3) is 0.435. The van der Waals surface area contributed by atoms with Crippen molar-refractivity contribution in [3.05, 3.63) is 66.2 Å². The summed E-state index contributed by atoms with van der Waals surface area (Å²) in [6.45, 7) is 5.74. The molecule has 0 spiro atoms. The lowest BCUT2D eigenvalue weighted by Crippen LogP contribution is -2.44. The quantitative estimate of drug-likeness (QED) is 0.812. The molecule has 28 heavy (non-hydrogen) atoms. The van der Waals surface area contributed by atoms with Gasteiger partial charge in [-0.25, -0.2) is 4.79 Å². The molecule has 2 aromatic rings. The predicted molar refractivity (Wildman–Crippen MR) is 113 cm³/mol. The van der Waals surface area contributed by atoms with E-state index in [-0.39, 0.29) is 12.1 Å². The Hall–Kier alpha value is -2.53. The summed E-state index contributed by atoms with van der Waals surface area (Å²) in [5, 5.41) is 6.25. The molecule has 2 atom stereocenters. The third-order valence-corrected chi connectivity index (χ3v) is 5.82. The maximum Gasteiger partial charge on any atom is 0.315 e. The van der Waals surface area contributed by atoms with Gasteiger partial charge in [-0.1, -0.05) is 48.5 Å². The van der Waals surface area contributed by atoms with E-state index >= 15 is 0 Å². The predicted octanol–water partition coefficient (Wildman–Crippen LogP) is 3.09. The molecule has 0 bridgehead atoms. The number of carbonyl (C=O) groups is 1. The van der Waals surface area contributed by atoms with E-state index in [1.54, 1.807) is 0 Å². The van der Waals surface area contributed by atoms with Crippen LogP contribution in [0.1, 0.15) is 18.4 Å². The highest BCUT2D eigenvalue weighted by Gasteiger charge is 2.25. The number of amides is 2. The highest BCUT2D eigenvalue weighted by atomic mass is 16.2. The van der Waals surface area contributed by atoms with Crippen LogP contribution in [0.25, 0.3) is 0 Å². The van der Waals surface area contributed by atoms with Crippen LogP contribution in [0.15, 0.2) is 60.7 Å². The van der Waals surface area contributed by atoms with Crippen LogP contribution in [-0.4, -0.2) is 49.7 Å². The van der Waals surface area contributed by atoms with Crippen LogP contribution in [0.3, 0.4) is 0 Å². The van der Waals surface area contributed by atoms with Crippen molar-refractivity contribution in [1.29, 1.82) is 0 Å². The fourth-order valence-electron chi connectivity index (χ4n) is 4.28. The largest absolute Gasteiger partial charge is 0.371 e. The average molecular weight is 379 g/mol. The first-order valence-corrected chi connectivity index (χ1v) is 10.4. The topological polar surface area (TPSA) is 47.6 Å². The van der Waals surface area contributed by atoms with E-state index in [0.29, 0.717) is 5.92 Å². The molecule has 2 heterocycles. The second kappa shape index (κ2) is 9.11. The third-order valence-electron chi connectivity index (χ3n) is 5.82. The Morgan fingerprint density at radius 2 is 1.68 bits per heavy atom. The Kier molecular flexibility index (Phi) is 6.12. The zero-order valence-corrected chi connectivity index (χ0v) is 16.4. The summed E-state index contributed by atoms with van der Waals surface area (Å²) in [5.41, 5.74) is 2.61. The Morgan fingerprint density at radius 1 is 0.929 bits per heavy atom. The summed E-state index contributed by atoms with van der Waals surface area (Å²) < 4.78 is 0. The van der Waals surface area contributed by atoms with Crippen molar-refractivity contribution in [3.8, 4) is 0 Å². The highest BCUT2D eigenvalue weighted by Crippen LogP contribution is 2.23. The molecule has 2 aliphatic rings. The minimum absolute atomic E-state index is 0.0234. The second-order valence-corrected chi connectivity index (χ2v) is 8.00. The molecule has 2 N–H and O–H groups in total. The summed E-state index contributed by atoms with van der Waals surface area (Å²) >= 11 is 0. The van der Waals surface area contributed by atoms with Gasteiger partial charge in [0.25, 0.3) is 0 Å². The smallest absolute Gasteiger partial charge is 0.315 e. The molecule has 0 unspecified atom stereocenters. The van der Waals surface area contributed by atoms with Crippen molar-refractivity contribution in [2.45, 2.75) is 25.4 Å². The van der Waals surface area contributed by atoms with Crippen molar-refractivity contribution in [2.75, 3.05) is 37.6 Å². The highest BCUT2D eigenvalue weighted by molar-refractivity contribution is 5.74. The molecule has 0 aromatic heterocycles. The Bertz CT molecular complexity index is 752. The molecule has 5 nitrogen and oxygen atoms in total. The molecule has 2 amide bonds. The Morgan fingerprint density at radius 3 is 2.46 bits per heavy atom. The van der Waals surface area contributed by atoms with Gasteiger partial charge in [-0.2, -0.15) is 0 Å². The monoisotopic (exact) mass is 378 g/mol. The standard InChI is InChI=1S/C23H30N4O/c28-23(24-15-20-11-14-27(17-20)22-9-5-2-6-10-22)25-21-12-13-26(18-21)16-19-7-3-1-4-8-19/h1-10,20-21H,11-18H2,(H2,24,25,28)/t20-,21+/m1/s1. The molecule has 2 aliphatic heterocycles. The van der Waals surface area contributed by atoms with Crippen LogP contribution >= 0.6 is 0 Å². The molecule has 0 aliphatic carbocycles. The molecule has 2 saturated heterocycles. The molecule has 2 fully saturated rings. The molecule has 0 radical (unpaired) electrons. The van der Waals surface area contributed by atoms with E-state index < -0.39 is 0 Å². The molecule has 5 heteroatoms. The van der Waals surface area contributed by atoms with Crippen LogP contribution in [0.2, 0.25) is 0 Å². The molecule has 0 saturated carbocycles. The summed E-state index contributed by atoms with van der Waals surface area (Å²) in [4.78, 5) is 17.1. The van der Waals surface area contributed by atoms with E-state index in [4.69, 9.17) is 0 Å². The Balaban J connectivity index is 1.15. The van der Waals surface area contributed by atoms with Crippen molar-refractivity contribution in [2.24, 2.45) is 5.92 Å². The molecular weight excluding hydrogens is 348 g/mol. The van der Waals surface area contributed by atoms with Gasteiger partial charge in [-0.15, -0.1) is 0 Å². The average Bonchev–Trinajstić information content (AvgIpc) is 3.38. The number of para-hydroxylation sites is 1. The zero-order chi connectivity index (χ0) is 19.2. The van der Waals surface area contributed by atoms with Crippen LogP contribution in [0.5, 0.6) is 0 Å².